The molecule has 3 nitrogen and oxygen atoms in total. The van der Waals surface area contributed by atoms with E-state index in [4.69, 9.17) is 0 Å². The second-order valence-corrected chi connectivity index (χ2v) is 6.53. The van der Waals surface area contributed by atoms with Gasteiger partial charge in [0.25, 0.3) is 0 Å². The Morgan fingerprint density at radius 1 is 1.43 bits per heavy atom. The first-order valence-electron chi connectivity index (χ1n) is 7.27. The van der Waals surface area contributed by atoms with Crippen molar-refractivity contribution < 1.29 is 4.79 Å². The van der Waals surface area contributed by atoms with Crippen LogP contribution in [0.3, 0.4) is 0 Å². The highest BCUT2D eigenvalue weighted by Crippen LogP contribution is 2.31. The van der Waals surface area contributed by atoms with Crippen molar-refractivity contribution in [2.24, 2.45) is 0 Å². The lowest BCUT2D eigenvalue weighted by Gasteiger charge is -2.16. The highest BCUT2D eigenvalue weighted by atomic mass is 32.1. The van der Waals surface area contributed by atoms with Crippen molar-refractivity contribution in [3.8, 4) is 0 Å². The predicted molar refractivity (Wildman–Crippen MR) is 89.5 cm³/mol. The van der Waals surface area contributed by atoms with Gasteiger partial charge in [-0.25, -0.2) is 4.98 Å². The summed E-state index contributed by atoms with van der Waals surface area (Å²) in [7, 11) is 2.02. The molecule has 0 saturated carbocycles. The Kier molecular flexibility index (Phi) is 5.12. The minimum atomic E-state index is 0.322. The molecule has 0 aliphatic heterocycles. The van der Waals surface area contributed by atoms with E-state index in [1.54, 1.807) is 0 Å². The quantitative estimate of drug-likeness (QED) is 0.741. The van der Waals surface area contributed by atoms with Crippen molar-refractivity contribution in [2.45, 2.75) is 39.7 Å². The number of aldehydes is 1. The average molecular weight is 302 g/mol. The van der Waals surface area contributed by atoms with E-state index in [0.29, 0.717) is 5.92 Å². The second-order valence-electron chi connectivity index (χ2n) is 5.52. The van der Waals surface area contributed by atoms with E-state index in [-0.39, 0.29) is 0 Å². The Hall–Kier alpha value is -1.68. The van der Waals surface area contributed by atoms with E-state index in [2.05, 4.69) is 54.9 Å². The number of benzene rings is 1. The van der Waals surface area contributed by atoms with Gasteiger partial charge in [-0.1, -0.05) is 55.0 Å². The van der Waals surface area contributed by atoms with Crippen LogP contribution >= 0.6 is 11.3 Å². The number of hydrogen-bond donors (Lipinski definition) is 0. The van der Waals surface area contributed by atoms with Crippen molar-refractivity contribution in [3.63, 3.8) is 0 Å². The molecule has 0 aliphatic rings. The summed E-state index contributed by atoms with van der Waals surface area (Å²) in [6.07, 6.45) is 1.93. The Morgan fingerprint density at radius 2 is 2.19 bits per heavy atom. The second kappa shape index (κ2) is 6.85. The topological polar surface area (TPSA) is 33.2 Å². The summed E-state index contributed by atoms with van der Waals surface area (Å²) in [6, 6.07) is 8.47. The molecule has 0 saturated heterocycles. The third kappa shape index (κ3) is 3.70. The van der Waals surface area contributed by atoms with Crippen molar-refractivity contribution >= 4 is 22.8 Å². The molecule has 21 heavy (non-hydrogen) atoms. The molecule has 0 fully saturated rings. The van der Waals surface area contributed by atoms with Crippen LogP contribution in [-0.2, 0) is 6.54 Å². The summed E-state index contributed by atoms with van der Waals surface area (Å²) in [5.41, 5.74) is 3.45. The smallest absolute Gasteiger partial charge is 0.186 e. The van der Waals surface area contributed by atoms with Gasteiger partial charge in [0.15, 0.2) is 11.4 Å². The molecule has 0 spiro atoms. The summed E-state index contributed by atoms with van der Waals surface area (Å²) in [4.78, 5) is 18.8. The lowest BCUT2D eigenvalue weighted by Crippen LogP contribution is -2.16. The molecule has 0 bridgehead atoms. The Balaban J connectivity index is 2.21. The van der Waals surface area contributed by atoms with E-state index in [0.717, 1.165) is 35.0 Å². The summed E-state index contributed by atoms with van der Waals surface area (Å²) < 4.78 is 0. The largest absolute Gasteiger partial charge is 0.347 e. The van der Waals surface area contributed by atoms with Crippen LogP contribution < -0.4 is 4.90 Å². The summed E-state index contributed by atoms with van der Waals surface area (Å²) in [6.45, 7) is 7.13. The van der Waals surface area contributed by atoms with Crippen LogP contribution in [0.4, 0.5) is 5.13 Å². The van der Waals surface area contributed by atoms with Crippen LogP contribution in [0, 0.1) is 6.92 Å². The zero-order valence-corrected chi connectivity index (χ0v) is 13.9. The molecule has 1 aromatic heterocycles. The van der Waals surface area contributed by atoms with Crippen LogP contribution in [0.2, 0.25) is 0 Å². The number of thiazole rings is 1. The van der Waals surface area contributed by atoms with Crippen molar-refractivity contribution in [1.82, 2.24) is 4.98 Å². The molecule has 2 aromatic rings. The molecule has 1 aromatic carbocycles. The fourth-order valence-electron chi connectivity index (χ4n) is 2.28. The zero-order chi connectivity index (χ0) is 15.4. The van der Waals surface area contributed by atoms with Crippen molar-refractivity contribution in [2.75, 3.05) is 11.9 Å². The maximum atomic E-state index is 11.2. The monoisotopic (exact) mass is 302 g/mol. The van der Waals surface area contributed by atoms with Gasteiger partial charge in [-0.3, -0.25) is 4.79 Å². The number of aromatic nitrogens is 1. The van der Waals surface area contributed by atoms with Gasteiger partial charge in [0.2, 0.25) is 0 Å². The lowest BCUT2D eigenvalue weighted by molar-refractivity contribution is 0.112. The van der Waals surface area contributed by atoms with E-state index in [1.807, 2.05) is 7.05 Å². The fourth-order valence-corrected chi connectivity index (χ4v) is 3.24. The Bertz CT molecular complexity index is 621. The van der Waals surface area contributed by atoms with E-state index >= 15 is 0 Å². The van der Waals surface area contributed by atoms with Gasteiger partial charge in [-0.15, -0.1) is 0 Å². The summed E-state index contributed by atoms with van der Waals surface area (Å²) >= 11 is 1.48. The number of hydrogen-bond acceptors (Lipinski definition) is 4. The van der Waals surface area contributed by atoms with Gasteiger partial charge in [0.1, 0.15) is 0 Å². The van der Waals surface area contributed by atoms with Crippen molar-refractivity contribution in [1.29, 1.82) is 0 Å². The predicted octanol–water partition coefficient (Wildman–Crippen LogP) is 4.41. The molecule has 1 heterocycles. The third-order valence-corrected chi connectivity index (χ3v) is 4.80. The molecular formula is C17H22N2OS. The van der Waals surface area contributed by atoms with Crippen LogP contribution in [0.1, 0.15) is 52.7 Å². The third-order valence-electron chi connectivity index (χ3n) is 3.68. The number of carbonyl (C=O) groups is 1. The highest BCUT2D eigenvalue weighted by molar-refractivity contribution is 7.17. The van der Waals surface area contributed by atoms with Crippen LogP contribution in [0.15, 0.2) is 24.3 Å². The maximum Gasteiger partial charge on any atom is 0.186 e. The molecule has 4 heteroatoms. The number of rotatable bonds is 6. The van der Waals surface area contributed by atoms with Gasteiger partial charge >= 0.3 is 0 Å². The zero-order valence-electron chi connectivity index (χ0n) is 13.1. The standard InChI is InChI=1S/C17H22N2OS/c1-5-13(3)16-15(11-20)21-17(18-16)19(4)10-14-8-6-7-12(2)9-14/h6-9,11,13H,5,10H2,1-4H3. The summed E-state index contributed by atoms with van der Waals surface area (Å²) in [5.74, 6) is 0.322. The van der Waals surface area contributed by atoms with Gasteiger partial charge in [0.05, 0.1) is 10.6 Å². The van der Waals surface area contributed by atoms with Gasteiger partial charge in [0, 0.05) is 13.6 Å². The van der Waals surface area contributed by atoms with E-state index in [1.165, 1.54) is 22.5 Å². The Labute approximate surface area is 130 Å². The minimum absolute atomic E-state index is 0.322. The fraction of sp³-hybridized carbons (Fsp3) is 0.412. The molecular weight excluding hydrogens is 280 g/mol. The Morgan fingerprint density at radius 3 is 2.81 bits per heavy atom. The molecule has 0 aliphatic carbocycles. The number of nitrogens with zero attached hydrogens (tertiary/aromatic N) is 2. The van der Waals surface area contributed by atoms with Crippen LogP contribution in [0.25, 0.3) is 0 Å². The normalized spacial score (nSPS) is 12.2. The molecule has 1 atom stereocenters. The first kappa shape index (κ1) is 15.7. The number of anilines is 1. The van der Waals surface area contributed by atoms with Gasteiger partial charge in [-0.2, -0.15) is 0 Å². The van der Waals surface area contributed by atoms with Crippen LogP contribution in [-0.4, -0.2) is 18.3 Å². The lowest BCUT2D eigenvalue weighted by atomic mass is 10.0. The van der Waals surface area contributed by atoms with Crippen LogP contribution in [0.5, 0.6) is 0 Å². The first-order chi connectivity index (χ1) is 10.0. The molecule has 0 radical (unpaired) electrons. The summed E-state index contributed by atoms with van der Waals surface area (Å²) in [5, 5.41) is 0.911. The van der Waals surface area contributed by atoms with Crippen molar-refractivity contribution in [3.05, 3.63) is 46.0 Å². The first-order valence-corrected chi connectivity index (χ1v) is 8.09. The maximum absolute atomic E-state index is 11.2. The average Bonchev–Trinajstić information content (AvgIpc) is 2.90. The van der Waals surface area contributed by atoms with Gasteiger partial charge in [-0.05, 0) is 24.8 Å². The molecule has 112 valence electrons. The van der Waals surface area contributed by atoms with E-state index < -0.39 is 0 Å². The molecule has 1 unspecified atom stereocenters. The molecule has 0 N–H and O–H groups in total. The number of carbonyl (C=O) groups excluding carboxylic acids is 1. The molecule has 0 amide bonds. The highest BCUT2D eigenvalue weighted by Gasteiger charge is 2.17. The molecule has 2 rings (SSSR count). The van der Waals surface area contributed by atoms with E-state index in [9.17, 15) is 4.79 Å². The minimum Gasteiger partial charge on any atom is -0.347 e. The van der Waals surface area contributed by atoms with Gasteiger partial charge < -0.3 is 4.90 Å². The SMILES string of the molecule is CCC(C)c1nc(N(C)Cc2cccc(C)c2)sc1C=O. The number of aryl methyl sites for hydroxylation is 1.